The van der Waals surface area contributed by atoms with Gasteiger partial charge in [0.15, 0.2) is 0 Å². The van der Waals surface area contributed by atoms with Crippen molar-refractivity contribution in [2.24, 2.45) is 11.8 Å². The van der Waals surface area contributed by atoms with E-state index < -0.39 is 0 Å². The average molecular weight is 390 g/mol. The predicted molar refractivity (Wildman–Crippen MR) is 88.2 cm³/mol. The van der Waals surface area contributed by atoms with Gasteiger partial charge in [0.1, 0.15) is 5.75 Å². The lowest BCUT2D eigenvalue weighted by molar-refractivity contribution is 0.269. The van der Waals surface area contributed by atoms with Crippen LogP contribution in [-0.4, -0.2) is 11.9 Å². The Morgan fingerprint density at radius 2 is 2.11 bits per heavy atom. The van der Waals surface area contributed by atoms with E-state index >= 15 is 0 Å². The molecule has 1 nitrogen and oxygen atoms in total. The van der Waals surface area contributed by atoms with E-state index in [1.54, 1.807) is 7.11 Å². The molecule has 1 saturated carbocycles. The van der Waals surface area contributed by atoms with Crippen molar-refractivity contribution in [3.8, 4) is 5.75 Å². The van der Waals surface area contributed by atoms with E-state index in [4.69, 9.17) is 4.74 Å². The third-order valence-electron chi connectivity index (χ3n) is 4.30. The molecule has 1 fully saturated rings. The molecule has 0 spiro atoms. The first-order chi connectivity index (χ1) is 9.13. The van der Waals surface area contributed by atoms with E-state index in [2.05, 4.69) is 50.9 Å². The molecule has 0 radical (unpaired) electrons. The lowest BCUT2D eigenvalue weighted by Crippen LogP contribution is -2.26. The van der Waals surface area contributed by atoms with Gasteiger partial charge in [0.05, 0.1) is 7.11 Å². The van der Waals surface area contributed by atoms with Gasteiger partial charge in [-0.25, -0.2) is 0 Å². The first-order valence-corrected chi connectivity index (χ1v) is 8.81. The highest BCUT2D eigenvalue weighted by molar-refractivity contribution is 9.10. The average Bonchev–Trinajstić information content (AvgIpc) is 2.41. The maximum atomic E-state index is 5.49. The van der Waals surface area contributed by atoms with Gasteiger partial charge in [-0.1, -0.05) is 45.2 Å². The highest BCUT2D eigenvalue weighted by atomic mass is 79.9. The topological polar surface area (TPSA) is 9.23 Å². The van der Waals surface area contributed by atoms with E-state index in [1.807, 2.05) is 6.07 Å². The van der Waals surface area contributed by atoms with Crippen LogP contribution in [0.15, 0.2) is 22.7 Å². The van der Waals surface area contributed by atoms with Crippen molar-refractivity contribution in [2.45, 2.75) is 43.9 Å². The molecule has 0 bridgehead atoms. The Bertz CT molecular complexity index is 419. The normalized spacial score (nSPS) is 27.3. The van der Waals surface area contributed by atoms with Gasteiger partial charge < -0.3 is 4.74 Å². The molecule has 19 heavy (non-hydrogen) atoms. The van der Waals surface area contributed by atoms with E-state index in [-0.39, 0.29) is 0 Å². The van der Waals surface area contributed by atoms with Gasteiger partial charge in [0, 0.05) is 9.30 Å². The second-order valence-corrected chi connectivity index (χ2v) is 7.62. The number of ether oxygens (including phenoxy) is 1. The summed E-state index contributed by atoms with van der Waals surface area (Å²) in [5, 5.41) is 0. The smallest absolute Gasteiger partial charge is 0.122 e. The molecule has 1 aromatic rings. The summed E-state index contributed by atoms with van der Waals surface area (Å²) in [6, 6.07) is 6.31. The van der Waals surface area contributed by atoms with Gasteiger partial charge in [-0.2, -0.15) is 0 Å². The summed E-state index contributed by atoms with van der Waals surface area (Å²) in [7, 11) is 1.76. The monoisotopic (exact) mass is 388 g/mol. The molecular formula is C16H22Br2O. The first-order valence-electron chi connectivity index (χ1n) is 7.10. The second-order valence-electron chi connectivity index (χ2n) is 5.52. The fourth-order valence-corrected chi connectivity index (χ4v) is 4.17. The molecule has 0 aliphatic heterocycles. The Labute approximate surface area is 133 Å². The molecule has 1 aliphatic carbocycles. The minimum Gasteiger partial charge on any atom is -0.496 e. The van der Waals surface area contributed by atoms with Gasteiger partial charge in [-0.3, -0.25) is 0 Å². The standard InChI is InChI=1S/C16H22Br2O/c1-3-11-4-6-15(18)12(8-11)9-13-10-14(17)5-7-16(13)19-2/h5,7,10-12,15H,3-4,6,8-9H2,1-2H3. The Balaban J connectivity index is 2.12. The third kappa shape index (κ3) is 3.98. The number of methoxy groups -OCH3 is 1. The van der Waals surface area contributed by atoms with Crippen LogP contribution in [0.4, 0.5) is 0 Å². The summed E-state index contributed by atoms with van der Waals surface area (Å²) in [5.41, 5.74) is 1.32. The summed E-state index contributed by atoms with van der Waals surface area (Å²) >= 11 is 7.45. The zero-order chi connectivity index (χ0) is 13.8. The van der Waals surface area contributed by atoms with Crippen molar-refractivity contribution in [1.29, 1.82) is 0 Å². The minimum absolute atomic E-state index is 0.652. The van der Waals surface area contributed by atoms with Crippen LogP contribution in [0.3, 0.4) is 0 Å². The highest BCUT2D eigenvalue weighted by Gasteiger charge is 2.28. The molecular weight excluding hydrogens is 368 g/mol. The van der Waals surface area contributed by atoms with Crippen molar-refractivity contribution in [2.75, 3.05) is 7.11 Å². The van der Waals surface area contributed by atoms with Crippen molar-refractivity contribution < 1.29 is 4.74 Å². The van der Waals surface area contributed by atoms with Crippen molar-refractivity contribution in [1.82, 2.24) is 0 Å². The Morgan fingerprint density at radius 1 is 1.32 bits per heavy atom. The summed E-state index contributed by atoms with van der Waals surface area (Å²) in [6.45, 7) is 2.32. The molecule has 0 amide bonds. The van der Waals surface area contributed by atoms with Crippen LogP contribution >= 0.6 is 31.9 Å². The second kappa shape index (κ2) is 7.12. The number of rotatable bonds is 4. The minimum atomic E-state index is 0.652. The quantitative estimate of drug-likeness (QED) is 0.609. The van der Waals surface area contributed by atoms with Crippen LogP contribution < -0.4 is 4.74 Å². The molecule has 0 aromatic heterocycles. The largest absolute Gasteiger partial charge is 0.496 e. The molecule has 2 rings (SSSR count). The molecule has 0 N–H and O–H groups in total. The van der Waals surface area contributed by atoms with E-state index in [9.17, 15) is 0 Å². The first kappa shape index (κ1) is 15.4. The van der Waals surface area contributed by atoms with Crippen LogP contribution in [0, 0.1) is 11.8 Å². The molecule has 106 valence electrons. The molecule has 3 atom stereocenters. The summed E-state index contributed by atoms with van der Waals surface area (Å²) < 4.78 is 6.63. The van der Waals surface area contributed by atoms with E-state index in [0.717, 1.165) is 28.5 Å². The maximum absolute atomic E-state index is 5.49. The van der Waals surface area contributed by atoms with Crippen molar-refractivity contribution in [3.63, 3.8) is 0 Å². The Morgan fingerprint density at radius 3 is 2.79 bits per heavy atom. The van der Waals surface area contributed by atoms with Gasteiger partial charge in [-0.05, 0) is 61.3 Å². The third-order valence-corrected chi connectivity index (χ3v) is 6.00. The molecule has 3 heteroatoms. The zero-order valence-corrected chi connectivity index (χ0v) is 14.8. The SMILES string of the molecule is CCC1CCC(Br)C(Cc2cc(Br)ccc2OC)C1. The lowest BCUT2D eigenvalue weighted by Gasteiger charge is -2.33. The number of hydrogen-bond acceptors (Lipinski definition) is 1. The van der Waals surface area contributed by atoms with Gasteiger partial charge in [-0.15, -0.1) is 0 Å². The summed E-state index contributed by atoms with van der Waals surface area (Å²) in [4.78, 5) is 0.652. The van der Waals surface area contributed by atoms with Crippen LogP contribution in [0.2, 0.25) is 0 Å². The van der Waals surface area contributed by atoms with Gasteiger partial charge in [0.25, 0.3) is 0 Å². The maximum Gasteiger partial charge on any atom is 0.122 e. The number of hydrogen-bond donors (Lipinski definition) is 0. The van der Waals surface area contributed by atoms with Crippen LogP contribution in [-0.2, 0) is 6.42 Å². The zero-order valence-electron chi connectivity index (χ0n) is 11.7. The highest BCUT2D eigenvalue weighted by Crippen LogP contribution is 2.38. The van der Waals surface area contributed by atoms with Crippen LogP contribution in [0.25, 0.3) is 0 Å². The summed E-state index contributed by atoms with van der Waals surface area (Å²) in [5.74, 6) is 2.64. The molecule has 0 heterocycles. The van der Waals surface area contributed by atoms with Crippen molar-refractivity contribution in [3.05, 3.63) is 28.2 Å². The molecule has 3 unspecified atom stereocenters. The Kier molecular flexibility index (Phi) is 5.76. The molecule has 1 aliphatic rings. The van der Waals surface area contributed by atoms with Crippen molar-refractivity contribution >= 4 is 31.9 Å². The fraction of sp³-hybridized carbons (Fsp3) is 0.625. The van der Waals surface area contributed by atoms with E-state index in [1.165, 1.54) is 31.2 Å². The lowest BCUT2D eigenvalue weighted by atomic mass is 9.77. The Hall–Kier alpha value is -0.0200. The van der Waals surface area contributed by atoms with Gasteiger partial charge in [0.2, 0.25) is 0 Å². The van der Waals surface area contributed by atoms with Gasteiger partial charge >= 0.3 is 0 Å². The number of halogens is 2. The predicted octanol–water partition coefficient (Wildman–Crippen LogP) is 5.59. The summed E-state index contributed by atoms with van der Waals surface area (Å²) in [6.07, 6.45) is 6.43. The number of benzene rings is 1. The van der Waals surface area contributed by atoms with E-state index in [0.29, 0.717) is 4.83 Å². The van der Waals surface area contributed by atoms with Crippen LogP contribution in [0.1, 0.15) is 38.2 Å². The van der Waals surface area contributed by atoms with Crippen LogP contribution in [0.5, 0.6) is 5.75 Å². The number of alkyl halides is 1. The molecule has 0 saturated heterocycles. The fourth-order valence-electron chi connectivity index (χ4n) is 3.10. The molecule has 1 aromatic carbocycles.